The van der Waals surface area contributed by atoms with Crippen LogP contribution in [0.2, 0.25) is 0 Å². The third-order valence-electron chi connectivity index (χ3n) is 4.66. The Morgan fingerprint density at radius 2 is 2.12 bits per heavy atom. The number of methoxy groups -OCH3 is 1. The number of nitrogens with one attached hydrogen (secondary N) is 1. The monoisotopic (exact) mass is 356 g/mol. The fourth-order valence-corrected chi connectivity index (χ4v) is 4.13. The molecule has 1 aliphatic carbocycles. The number of rotatable bonds is 4. The summed E-state index contributed by atoms with van der Waals surface area (Å²) in [6.07, 6.45) is 6.24. The van der Waals surface area contributed by atoms with Gasteiger partial charge in [0.25, 0.3) is 0 Å². The number of benzene rings is 1. The van der Waals surface area contributed by atoms with Crippen LogP contribution in [0.3, 0.4) is 0 Å². The molecule has 1 saturated carbocycles. The van der Waals surface area contributed by atoms with E-state index in [1.165, 1.54) is 43.4 Å². The number of para-hydroxylation sites is 1. The Bertz CT molecular complexity index is 941. The second-order valence-electron chi connectivity index (χ2n) is 6.34. The minimum absolute atomic E-state index is 0.397. The molecule has 6 heteroatoms. The maximum Gasteiger partial charge on any atom is 0.345 e. The highest BCUT2D eigenvalue weighted by molar-refractivity contribution is 7.14. The molecule has 130 valence electrons. The molecular weight excluding hydrogens is 336 g/mol. The van der Waals surface area contributed by atoms with Gasteiger partial charge < -0.3 is 14.5 Å². The lowest BCUT2D eigenvalue weighted by Gasteiger charge is -2.22. The number of nitrogens with zero attached hydrogens (tertiary/aromatic N) is 1. The Labute approximate surface area is 149 Å². The molecule has 1 aliphatic rings. The van der Waals surface area contributed by atoms with Gasteiger partial charge >= 0.3 is 5.63 Å². The third-order valence-corrected chi connectivity index (χ3v) is 5.43. The molecule has 0 radical (unpaired) electrons. The van der Waals surface area contributed by atoms with Gasteiger partial charge in [0.15, 0.2) is 16.5 Å². The van der Waals surface area contributed by atoms with Crippen molar-refractivity contribution in [2.45, 2.75) is 38.1 Å². The van der Waals surface area contributed by atoms with Gasteiger partial charge in [-0.15, -0.1) is 11.3 Å². The van der Waals surface area contributed by atoms with E-state index in [0.29, 0.717) is 28.6 Å². The van der Waals surface area contributed by atoms with Crippen molar-refractivity contribution in [2.75, 3.05) is 12.4 Å². The molecule has 0 unspecified atom stereocenters. The highest BCUT2D eigenvalue weighted by Crippen LogP contribution is 2.30. The van der Waals surface area contributed by atoms with E-state index in [2.05, 4.69) is 10.3 Å². The van der Waals surface area contributed by atoms with Gasteiger partial charge in [-0.3, -0.25) is 0 Å². The van der Waals surface area contributed by atoms with Gasteiger partial charge in [0.2, 0.25) is 0 Å². The molecule has 0 bridgehead atoms. The van der Waals surface area contributed by atoms with Crippen LogP contribution in [0.5, 0.6) is 5.75 Å². The molecule has 2 aromatic heterocycles. The van der Waals surface area contributed by atoms with Crippen LogP contribution in [0, 0.1) is 0 Å². The van der Waals surface area contributed by atoms with Crippen LogP contribution in [0.25, 0.3) is 22.2 Å². The summed E-state index contributed by atoms with van der Waals surface area (Å²) in [5.41, 5.74) is 1.21. The molecule has 0 aliphatic heterocycles. The van der Waals surface area contributed by atoms with Crippen molar-refractivity contribution >= 4 is 27.4 Å². The topological polar surface area (TPSA) is 64.4 Å². The third kappa shape index (κ3) is 3.26. The van der Waals surface area contributed by atoms with Gasteiger partial charge in [0.05, 0.1) is 18.4 Å². The predicted molar refractivity (Wildman–Crippen MR) is 101 cm³/mol. The lowest BCUT2D eigenvalue weighted by molar-refractivity contribution is 0.407. The molecule has 5 nitrogen and oxygen atoms in total. The molecule has 4 rings (SSSR count). The Kier molecular flexibility index (Phi) is 4.44. The quantitative estimate of drug-likeness (QED) is 0.688. The molecule has 0 amide bonds. The number of ether oxygens (including phenoxy) is 1. The zero-order valence-electron chi connectivity index (χ0n) is 14.1. The van der Waals surface area contributed by atoms with Gasteiger partial charge in [-0.2, -0.15) is 0 Å². The van der Waals surface area contributed by atoms with E-state index in [0.717, 1.165) is 10.5 Å². The van der Waals surface area contributed by atoms with Gasteiger partial charge in [-0.1, -0.05) is 31.4 Å². The van der Waals surface area contributed by atoms with Crippen LogP contribution in [0.1, 0.15) is 32.1 Å². The number of anilines is 1. The minimum atomic E-state index is -0.397. The fourth-order valence-electron chi connectivity index (χ4n) is 3.34. The Morgan fingerprint density at radius 1 is 1.28 bits per heavy atom. The maximum atomic E-state index is 12.4. The SMILES string of the molecule is COc1cccc2cc(-c3csc(NC4CCCCC4)n3)c(=O)oc12. The lowest BCUT2D eigenvalue weighted by atomic mass is 9.96. The van der Waals surface area contributed by atoms with E-state index in [1.54, 1.807) is 13.2 Å². The molecular formula is C19H20N2O3S. The first kappa shape index (κ1) is 16.1. The largest absolute Gasteiger partial charge is 0.493 e. The van der Waals surface area contributed by atoms with Crippen molar-refractivity contribution < 1.29 is 9.15 Å². The van der Waals surface area contributed by atoms with Crippen molar-refractivity contribution in [3.8, 4) is 17.0 Å². The number of aromatic nitrogens is 1. The summed E-state index contributed by atoms with van der Waals surface area (Å²) in [6.45, 7) is 0. The fraction of sp³-hybridized carbons (Fsp3) is 0.368. The van der Waals surface area contributed by atoms with Gasteiger partial charge in [0, 0.05) is 16.8 Å². The van der Waals surface area contributed by atoms with E-state index < -0.39 is 5.63 Å². The number of thiazole rings is 1. The summed E-state index contributed by atoms with van der Waals surface area (Å²) in [5, 5.41) is 7.10. The molecule has 0 saturated heterocycles. The molecule has 2 heterocycles. The van der Waals surface area contributed by atoms with Crippen molar-refractivity contribution in [3.05, 3.63) is 40.1 Å². The number of fused-ring (bicyclic) bond motifs is 1. The zero-order valence-corrected chi connectivity index (χ0v) is 14.9. The summed E-state index contributed by atoms with van der Waals surface area (Å²) in [5.74, 6) is 0.555. The molecule has 25 heavy (non-hydrogen) atoms. The van der Waals surface area contributed by atoms with E-state index >= 15 is 0 Å². The van der Waals surface area contributed by atoms with E-state index in [9.17, 15) is 4.79 Å². The van der Waals surface area contributed by atoms with Crippen LogP contribution >= 0.6 is 11.3 Å². The van der Waals surface area contributed by atoms with E-state index in [-0.39, 0.29) is 0 Å². The molecule has 0 atom stereocenters. The summed E-state index contributed by atoms with van der Waals surface area (Å²) < 4.78 is 10.8. The average molecular weight is 356 g/mol. The van der Waals surface area contributed by atoms with Crippen LogP contribution in [-0.4, -0.2) is 18.1 Å². The number of hydrogen-bond acceptors (Lipinski definition) is 6. The molecule has 0 spiro atoms. The van der Waals surface area contributed by atoms with Crippen molar-refractivity contribution in [1.29, 1.82) is 0 Å². The van der Waals surface area contributed by atoms with Crippen molar-refractivity contribution in [2.24, 2.45) is 0 Å². The first-order chi connectivity index (χ1) is 12.2. The highest BCUT2D eigenvalue weighted by Gasteiger charge is 2.17. The summed E-state index contributed by atoms with van der Waals surface area (Å²) in [7, 11) is 1.56. The van der Waals surface area contributed by atoms with E-state index in [1.807, 2.05) is 23.6 Å². The second kappa shape index (κ2) is 6.88. The highest BCUT2D eigenvalue weighted by atomic mass is 32.1. The van der Waals surface area contributed by atoms with Crippen molar-refractivity contribution in [1.82, 2.24) is 4.98 Å². The van der Waals surface area contributed by atoms with Crippen LogP contribution < -0.4 is 15.7 Å². The first-order valence-electron chi connectivity index (χ1n) is 8.58. The first-order valence-corrected chi connectivity index (χ1v) is 9.46. The van der Waals surface area contributed by atoms with Crippen molar-refractivity contribution in [3.63, 3.8) is 0 Å². The minimum Gasteiger partial charge on any atom is -0.493 e. The Hall–Kier alpha value is -2.34. The summed E-state index contributed by atoms with van der Waals surface area (Å²) in [4.78, 5) is 17.0. The zero-order chi connectivity index (χ0) is 17.2. The van der Waals surface area contributed by atoms with Crippen LogP contribution in [0.4, 0.5) is 5.13 Å². The lowest BCUT2D eigenvalue weighted by Crippen LogP contribution is -2.22. The maximum absolute atomic E-state index is 12.4. The Balaban J connectivity index is 1.65. The summed E-state index contributed by atoms with van der Waals surface area (Å²) >= 11 is 1.53. The number of hydrogen-bond donors (Lipinski definition) is 1. The van der Waals surface area contributed by atoms with Crippen LogP contribution in [-0.2, 0) is 0 Å². The molecule has 1 N–H and O–H groups in total. The average Bonchev–Trinajstić information content (AvgIpc) is 3.09. The standard InChI is InChI=1S/C19H20N2O3S/c1-23-16-9-5-6-12-10-14(18(22)24-17(12)16)15-11-25-19(21-15)20-13-7-3-2-4-8-13/h5-6,9-11,13H,2-4,7-8H2,1H3,(H,20,21). The predicted octanol–water partition coefficient (Wildman–Crippen LogP) is 4.67. The van der Waals surface area contributed by atoms with Crippen LogP contribution in [0.15, 0.2) is 38.9 Å². The van der Waals surface area contributed by atoms with E-state index in [4.69, 9.17) is 9.15 Å². The summed E-state index contributed by atoms with van der Waals surface area (Å²) in [6, 6.07) is 7.87. The molecule has 1 aromatic carbocycles. The second-order valence-corrected chi connectivity index (χ2v) is 7.20. The normalized spacial score (nSPS) is 15.4. The molecule has 1 fully saturated rings. The Morgan fingerprint density at radius 3 is 2.92 bits per heavy atom. The molecule has 3 aromatic rings. The van der Waals surface area contributed by atoms with Gasteiger partial charge in [-0.25, -0.2) is 9.78 Å². The van der Waals surface area contributed by atoms with Gasteiger partial charge in [0.1, 0.15) is 0 Å². The smallest absolute Gasteiger partial charge is 0.345 e. The van der Waals surface area contributed by atoms with Gasteiger partial charge in [-0.05, 0) is 25.0 Å².